The van der Waals surface area contributed by atoms with Gasteiger partial charge in [-0.05, 0) is 44.0 Å². The number of nitrogens with zero attached hydrogens (tertiary/aromatic N) is 2. The van der Waals surface area contributed by atoms with E-state index in [9.17, 15) is 4.39 Å². The van der Waals surface area contributed by atoms with Crippen LogP contribution in [0.5, 0.6) is 5.75 Å². The van der Waals surface area contributed by atoms with Gasteiger partial charge in [0.15, 0.2) is 11.6 Å². The number of aryl methyl sites for hydroxylation is 1. The zero-order valence-electron chi connectivity index (χ0n) is 13.1. The maximum Gasteiger partial charge on any atom is 0.165 e. The maximum absolute atomic E-state index is 13.5. The average molecular weight is 303 g/mol. The number of methoxy groups -OCH3 is 1. The lowest BCUT2D eigenvalue weighted by Crippen LogP contribution is -2.34. The first kappa shape index (κ1) is 15.0. The van der Waals surface area contributed by atoms with Gasteiger partial charge in [-0.3, -0.25) is 4.90 Å². The molecule has 3 rings (SSSR count). The van der Waals surface area contributed by atoms with Crippen LogP contribution in [0.3, 0.4) is 0 Å². The van der Waals surface area contributed by atoms with Crippen molar-refractivity contribution in [3.63, 3.8) is 0 Å². The third kappa shape index (κ3) is 3.30. The summed E-state index contributed by atoms with van der Waals surface area (Å²) in [7, 11) is 1.50. The number of H-pyrrole nitrogens is 1. The summed E-state index contributed by atoms with van der Waals surface area (Å²) < 4.78 is 18.5. The summed E-state index contributed by atoms with van der Waals surface area (Å²) in [6, 6.07) is 5.10. The van der Waals surface area contributed by atoms with Crippen molar-refractivity contribution in [3.05, 3.63) is 47.3 Å². The third-order valence-electron chi connectivity index (χ3n) is 4.24. The highest BCUT2D eigenvalue weighted by atomic mass is 19.1. The lowest BCUT2D eigenvalue weighted by atomic mass is 9.97. The zero-order chi connectivity index (χ0) is 15.5. The summed E-state index contributed by atoms with van der Waals surface area (Å²) >= 11 is 0. The number of hydrogen-bond donors (Lipinski definition) is 1. The molecule has 0 amide bonds. The number of piperidine rings is 1. The van der Waals surface area contributed by atoms with Gasteiger partial charge in [-0.15, -0.1) is 0 Å². The number of aromatic amines is 1. The minimum atomic E-state index is -0.311. The molecule has 1 aromatic carbocycles. The van der Waals surface area contributed by atoms with Crippen LogP contribution in [-0.4, -0.2) is 35.1 Å². The number of nitrogens with one attached hydrogen (secondary N) is 1. The van der Waals surface area contributed by atoms with Crippen molar-refractivity contribution in [1.29, 1.82) is 0 Å². The molecular formula is C17H22FN3O. The van der Waals surface area contributed by atoms with Crippen molar-refractivity contribution >= 4 is 0 Å². The average Bonchev–Trinajstić information content (AvgIpc) is 2.96. The van der Waals surface area contributed by atoms with Crippen LogP contribution in [0.4, 0.5) is 4.39 Å². The number of likely N-dealkylation sites (tertiary alicyclic amines) is 1. The molecule has 0 spiro atoms. The Morgan fingerprint density at radius 1 is 1.45 bits per heavy atom. The Morgan fingerprint density at radius 2 is 2.32 bits per heavy atom. The summed E-state index contributed by atoms with van der Waals surface area (Å²) in [5.74, 6) is 1.53. The second-order valence-corrected chi connectivity index (χ2v) is 5.99. The van der Waals surface area contributed by atoms with E-state index in [2.05, 4.69) is 14.9 Å². The molecule has 1 aliphatic rings. The smallest absolute Gasteiger partial charge is 0.165 e. The van der Waals surface area contributed by atoms with Crippen molar-refractivity contribution in [1.82, 2.24) is 14.9 Å². The highest BCUT2D eigenvalue weighted by Gasteiger charge is 2.23. The molecule has 22 heavy (non-hydrogen) atoms. The van der Waals surface area contributed by atoms with Crippen molar-refractivity contribution < 1.29 is 9.13 Å². The van der Waals surface area contributed by atoms with Crippen LogP contribution < -0.4 is 4.74 Å². The molecule has 0 aliphatic carbocycles. The van der Waals surface area contributed by atoms with Crippen molar-refractivity contribution in [2.45, 2.75) is 32.2 Å². The largest absolute Gasteiger partial charge is 0.494 e. The fourth-order valence-corrected chi connectivity index (χ4v) is 3.12. The van der Waals surface area contributed by atoms with Gasteiger partial charge in [0.1, 0.15) is 5.82 Å². The second-order valence-electron chi connectivity index (χ2n) is 5.99. The van der Waals surface area contributed by atoms with Crippen LogP contribution in [-0.2, 0) is 6.54 Å². The Kier molecular flexibility index (Phi) is 4.43. The quantitative estimate of drug-likeness (QED) is 0.942. The molecule has 1 aromatic heterocycles. The molecule has 2 aromatic rings. The normalized spacial score (nSPS) is 19.3. The Balaban J connectivity index is 1.67. The van der Waals surface area contributed by atoms with Gasteiger partial charge in [0.25, 0.3) is 0 Å². The molecule has 4 nitrogen and oxygen atoms in total. The van der Waals surface area contributed by atoms with Crippen LogP contribution >= 0.6 is 0 Å². The van der Waals surface area contributed by atoms with E-state index in [1.54, 1.807) is 6.07 Å². The van der Waals surface area contributed by atoms with E-state index >= 15 is 0 Å². The minimum absolute atomic E-state index is 0.311. The van der Waals surface area contributed by atoms with Crippen molar-refractivity contribution in [3.8, 4) is 5.75 Å². The molecule has 1 saturated heterocycles. The molecule has 1 N–H and O–H groups in total. The second kappa shape index (κ2) is 6.48. The molecule has 1 fully saturated rings. The van der Waals surface area contributed by atoms with Crippen LogP contribution in [0.15, 0.2) is 24.4 Å². The van der Waals surface area contributed by atoms with E-state index in [-0.39, 0.29) is 5.82 Å². The molecule has 5 heteroatoms. The lowest BCUT2D eigenvalue weighted by Gasteiger charge is -2.31. The third-order valence-corrected chi connectivity index (χ3v) is 4.24. The highest BCUT2D eigenvalue weighted by Crippen LogP contribution is 2.27. The number of aromatic nitrogens is 2. The Morgan fingerprint density at radius 3 is 3.05 bits per heavy atom. The SMILES string of the molecule is COc1cc(CN2CCC[C@@H](c3ncc(C)[nH]3)C2)ccc1F. The maximum atomic E-state index is 13.5. The van der Waals surface area contributed by atoms with E-state index in [1.807, 2.05) is 19.2 Å². The van der Waals surface area contributed by atoms with Crippen molar-refractivity contribution in [2.75, 3.05) is 20.2 Å². The molecule has 118 valence electrons. The van der Waals surface area contributed by atoms with Gasteiger partial charge in [0, 0.05) is 30.9 Å². The predicted octanol–water partition coefficient (Wildman–Crippen LogP) is 3.25. The Labute approximate surface area is 130 Å². The molecule has 0 saturated carbocycles. The molecule has 1 aliphatic heterocycles. The van der Waals surface area contributed by atoms with E-state index < -0.39 is 0 Å². The van der Waals surface area contributed by atoms with Gasteiger partial charge in [-0.2, -0.15) is 0 Å². The molecule has 0 radical (unpaired) electrons. The number of halogens is 1. The molecule has 0 unspecified atom stereocenters. The van der Waals surface area contributed by atoms with E-state index in [0.717, 1.165) is 49.6 Å². The molecular weight excluding hydrogens is 281 g/mol. The molecule has 0 bridgehead atoms. The van der Waals surface area contributed by atoms with Crippen LogP contribution in [0.25, 0.3) is 0 Å². The Hall–Kier alpha value is -1.88. The summed E-state index contributed by atoms with van der Waals surface area (Å²) in [5.41, 5.74) is 2.19. The standard InChI is InChI=1S/C17H22FN3O/c1-12-9-19-17(20-12)14-4-3-7-21(11-14)10-13-5-6-15(18)16(8-13)22-2/h5-6,8-9,14H,3-4,7,10-11H2,1-2H3,(H,19,20)/t14-/m1/s1. The van der Waals surface area contributed by atoms with Crippen molar-refractivity contribution in [2.24, 2.45) is 0 Å². The highest BCUT2D eigenvalue weighted by molar-refractivity contribution is 5.30. The first-order chi connectivity index (χ1) is 10.7. The van der Waals surface area contributed by atoms with Gasteiger partial charge in [-0.1, -0.05) is 6.07 Å². The zero-order valence-corrected chi connectivity index (χ0v) is 13.1. The fraction of sp³-hybridized carbons (Fsp3) is 0.471. The minimum Gasteiger partial charge on any atom is -0.494 e. The lowest BCUT2D eigenvalue weighted by molar-refractivity contribution is 0.196. The van der Waals surface area contributed by atoms with Crippen LogP contribution in [0.2, 0.25) is 0 Å². The monoisotopic (exact) mass is 303 g/mol. The van der Waals surface area contributed by atoms with Gasteiger partial charge in [0.2, 0.25) is 0 Å². The van der Waals surface area contributed by atoms with E-state index in [0.29, 0.717) is 11.7 Å². The van der Waals surface area contributed by atoms with Gasteiger partial charge >= 0.3 is 0 Å². The summed E-state index contributed by atoms with van der Waals surface area (Å²) in [4.78, 5) is 10.2. The van der Waals surface area contributed by atoms with E-state index in [4.69, 9.17) is 4.74 Å². The van der Waals surface area contributed by atoms with Gasteiger partial charge < -0.3 is 9.72 Å². The number of imidazole rings is 1. The number of benzene rings is 1. The topological polar surface area (TPSA) is 41.1 Å². The van der Waals surface area contributed by atoms with Gasteiger partial charge in [0.05, 0.1) is 7.11 Å². The number of hydrogen-bond acceptors (Lipinski definition) is 3. The van der Waals surface area contributed by atoms with Crippen LogP contribution in [0, 0.1) is 12.7 Å². The summed E-state index contributed by atoms with van der Waals surface area (Å²) in [6.45, 7) is 4.89. The Bertz CT molecular complexity index is 641. The molecule has 2 heterocycles. The summed E-state index contributed by atoms with van der Waals surface area (Å²) in [6.07, 6.45) is 4.21. The fourth-order valence-electron chi connectivity index (χ4n) is 3.12. The molecule has 1 atom stereocenters. The first-order valence-electron chi connectivity index (χ1n) is 7.72. The predicted molar refractivity (Wildman–Crippen MR) is 83.5 cm³/mol. The number of rotatable bonds is 4. The van der Waals surface area contributed by atoms with Gasteiger partial charge in [-0.25, -0.2) is 9.37 Å². The first-order valence-corrected chi connectivity index (χ1v) is 7.72. The summed E-state index contributed by atoms with van der Waals surface area (Å²) in [5, 5.41) is 0. The van der Waals surface area contributed by atoms with E-state index in [1.165, 1.54) is 13.2 Å². The van der Waals surface area contributed by atoms with Crippen LogP contribution in [0.1, 0.15) is 35.8 Å². The number of ether oxygens (including phenoxy) is 1.